The zero-order valence-corrected chi connectivity index (χ0v) is 17.7. The molecule has 2 heteroatoms. The molecule has 146 valence electrons. The van der Waals surface area contributed by atoms with E-state index in [0.29, 0.717) is 0 Å². The molecular formula is C28H23NO. The van der Waals surface area contributed by atoms with E-state index < -0.39 is 0 Å². The van der Waals surface area contributed by atoms with Gasteiger partial charge in [-0.2, -0.15) is 0 Å². The summed E-state index contributed by atoms with van der Waals surface area (Å²) in [5.41, 5.74) is 11.5. The highest BCUT2D eigenvalue weighted by molar-refractivity contribution is 6.12. The van der Waals surface area contributed by atoms with Crippen molar-refractivity contribution >= 4 is 21.9 Å². The van der Waals surface area contributed by atoms with E-state index in [0.717, 1.165) is 27.8 Å². The number of fused-ring (bicyclic) bond motifs is 7. The third-order valence-electron chi connectivity index (χ3n) is 6.83. The summed E-state index contributed by atoms with van der Waals surface area (Å²) in [5, 5.41) is 2.33. The zero-order chi connectivity index (χ0) is 20.6. The van der Waals surface area contributed by atoms with Crippen LogP contribution in [0.25, 0.3) is 44.3 Å². The molecule has 0 saturated carbocycles. The number of nitrogens with zero attached hydrogens (tertiary/aromatic N) is 1. The first-order chi connectivity index (χ1) is 14.5. The number of aryl methyl sites for hydroxylation is 2. The van der Waals surface area contributed by atoms with Gasteiger partial charge in [-0.3, -0.25) is 4.98 Å². The van der Waals surface area contributed by atoms with Gasteiger partial charge in [0, 0.05) is 33.5 Å². The second-order valence-electron chi connectivity index (χ2n) is 8.97. The predicted molar refractivity (Wildman–Crippen MR) is 124 cm³/mol. The van der Waals surface area contributed by atoms with Crippen LogP contribution in [-0.2, 0) is 5.41 Å². The number of para-hydroxylation sites is 1. The van der Waals surface area contributed by atoms with Crippen LogP contribution in [0.2, 0.25) is 0 Å². The Morgan fingerprint density at radius 3 is 2.33 bits per heavy atom. The van der Waals surface area contributed by atoms with E-state index in [1.54, 1.807) is 0 Å². The minimum atomic E-state index is -0.0990. The summed E-state index contributed by atoms with van der Waals surface area (Å²) in [4.78, 5) is 4.70. The van der Waals surface area contributed by atoms with Crippen molar-refractivity contribution in [2.24, 2.45) is 0 Å². The van der Waals surface area contributed by atoms with Crippen LogP contribution in [0.3, 0.4) is 0 Å². The SMILES string of the molecule is Cc1cnc(-c2cccc3c2oc2c4c(ccc23)-c2ccccc2C4(C)C)cc1C. The Balaban J connectivity index is 1.69. The van der Waals surface area contributed by atoms with Crippen molar-refractivity contribution in [2.45, 2.75) is 33.1 Å². The minimum absolute atomic E-state index is 0.0990. The summed E-state index contributed by atoms with van der Waals surface area (Å²) in [6.45, 7) is 8.83. The molecule has 0 atom stereocenters. The molecule has 1 aliphatic carbocycles. The molecule has 0 amide bonds. The highest BCUT2D eigenvalue weighted by atomic mass is 16.3. The Morgan fingerprint density at radius 2 is 1.50 bits per heavy atom. The summed E-state index contributed by atoms with van der Waals surface area (Å²) in [6.07, 6.45) is 1.95. The molecule has 0 N–H and O–H groups in total. The van der Waals surface area contributed by atoms with Crippen LogP contribution in [0, 0.1) is 13.8 Å². The lowest BCUT2D eigenvalue weighted by Crippen LogP contribution is -2.15. The standard InChI is InChI=1S/C28H23NO/c1-16-14-24(29-15-17(16)2)22-10-7-9-20-21-13-12-19-18-8-5-6-11-23(18)28(3,4)25(19)27(21)30-26(20)22/h5-15H,1-4H3. The first-order valence-corrected chi connectivity index (χ1v) is 10.5. The van der Waals surface area contributed by atoms with Gasteiger partial charge in [-0.15, -0.1) is 0 Å². The highest BCUT2D eigenvalue weighted by Crippen LogP contribution is 2.52. The largest absolute Gasteiger partial charge is 0.455 e. The number of hydrogen-bond donors (Lipinski definition) is 0. The smallest absolute Gasteiger partial charge is 0.144 e. The lowest BCUT2D eigenvalue weighted by molar-refractivity contribution is 0.620. The Hall–Kier alpha value is -3.39. The maximum absolute atomic E-state index is 6.68. The molecule has 0 saturated heterocycles. The Bertz CT molecular complexity index is 1490. The monoisotopic (exact) mass is 389 g/mol. The Labute approximate surface area is 176 Å². The van der Waals surface area contributed by atoms with Crippen LogP contribution in [0.15, 0.2) is 71.3 Å². The Kier molecular flexibility index (Phi) is 3.39. The molecule has 0 unspecified atom stereocenters. The first-order valence-electron chi connectivity index (χ1n) is 10.5. The van der Waals surface area contributed by atoms with Gasteiger partial charge >= 0.3 is 0 Å². The lowest BCUT2D eigenvalue weighted by atomic mass is 9.82. The second kappa shape index (κ2) is 5.82. The third kappa shape index (κ3) is 2.16. The number of aromatic nitrogens is 1. The van der Waals surface area contributed by atoms with Gasteiger partial charge in [0.05, 0.1) is 5.69 Å². The van der Waals surface area contributed by atoms with Crippen LogP contribution >= 0.6 is 0 Å². The van der Waals surface area contributed by atoms with E-state index in [-0.39, 0.29) is 5.41 Å². The average molecular weight is 389 g/mol. The van der Waals surface area contributed by atoms with Crippen LogP contribution in [-0.4, -0.2) is 4.98 Å². The van der Waals surface area contributed by atoms with Gasteiger partial charge in [0.2, 0.25) is 0 Å². The molecule has 0 bridgehead atoms. The summed E-state index contributed by atoms with van der Waals surface area (Å²) in [7, 11) is 0. The molecule has 0 spiro atoms. The molecule has 0 fully saturated rings. The molecular weight excluding hydrogens is 366 g/mol. The van der Waals surface area contributed by atoms with E-state index in [1.807, 2.05) is 6.20 Å². The van der Waals surface area contributed by atoms with Crippen molar-refractivity contribution in [3.05, 3.63) is 89.1 Å². The molecule has 0 aliphatic heterocycles. The number of rotatable bonds is 1. The fourth-order valence-corrected chi connectivity index (χ4v) is 5.08. The summed E-state index contributed by atoms with van der Waals surface area (Å²) >= 11 is 0. The summed E-state index contributed by atoms with van der Waals surface area (Å²) < 4.78 is 6.68. The molecule has 3 aromatic carbocycles. The van der Waals surface area contributed by atoms with Gasteiger partial charge in [-0.1, -0.05) is 56.3 Å². The van der Waals surface area contributed by atoms with E-state index in [4.69, 9.17) is 9.40 Å². The van der Waals surface area contributed by atoms with Crippen LogP contribution < -0.4 is 0 Å². The van der Waals surface area contributed by atoms with Gasteiger partial charge in [-0.05, 0) is 59.9 Å². The first kappa shape index (κ1) is 17.5. The van der Waals surface area contributed by atoms with E-state index >= 15 is 0 Å². The van der Waals surface area contributed by atoms with Crippen molar-refractivity contribution in [1.29, 1.82) is 0 Å². The van der Waals surface area contributed by atoms with Gasteiger partial charge in [-0.25, -0.2) is 0 Å². The maximum atomic E-state index is 6.68. The normalized spacial score (nSPS) is 14.3. The number of hydrogen-bond acceptors (Lipinski definition) is 2. The fraction of sp³-hybridized carbons (Fsp3) is 0.179. The van der Waals surface area contributed by atoms with Crippen molar-refractivity contribution in [3.63, 3.8) is 0 Å². The molecule has 2 nitrogen and oxygen atoms in total. The van der Waals surface area contributed by atoms with Crippen molar-refractivity contribution in [1.82, 2.24) is 4.98 Å². The van der Waals surface area contributed by atoms with E-state index in [2.05, 4.69) is 88.4 Å². The van der Waals surface area contributed by atoms with Crippen LogP contribution in [0.4, 0.5) is 0 Å². The number of furan rings is 1. The summed E-state index contributed by atoms with van der Waals surface area (Å²) in [6, 6.07) is 21.7. The third-order valence-corrected chi connectivity index (χ3v) is 6.83. The molecule has 6 rings (SSSR count). The molecule has 2 aromatic heterocycles. The van der Waals surface area contributed by atoms with E-state index in [9.17, 15) is 0 Å². The van der Waals surface area contributed by atoms with E-state index in [1.165, 1.54) is 38.8 Å². The zero-order valence-electron chi connectivity index (χ0n) is 17.7. The average Bonchev–Trinajstić information content (AvgIpc) is 3.23. The summed E-state index contributed by atoms with van der Waals surface area (Å²) in [5.74, 6) is 0. The van der Waals surface area contributed by atoms with Gasteiger partial charge in [0.15, 0.2) is 0 Å². The Morgan fingerprint density at radius 1 is 0.733 bits per heavy atom. The molecule has 2 heterocycles. The quantitative estimate of drug-likeness (QED) is 0.295. The fourth-order valence-electron chi connectivity index (χ4n) is 5.08. The maximum Gasteiger partial charge on any atom is 0.144 e. The minimum Gasteiger partial charge on any atom is -0.455 e. The predicted octanol–water partition coefficient (Wildman–Crippen LogP) is 7.57. The van der Waals surface area contributed by atoms with Crippen molar-refractivity contribution in [3.8, 4) is 22.4 Å². The number of benzene rings is 3. The number of pyridine rings is 1. The molecule has 0 radical (unpaired) electrons. The van der Waals surface area contributed by atoms with Gasteiger partial charge in [0.25, 0.3) is 0 Å². The van der Waals surface area contributed by atoms with Crippen molar-refractivity contribution < 1.29 is 4.42 Å². The topological polar surface area (TPSA) is 26.0 Å². The molecule has 5 aromatic rings. The highest BCUT2D eigenvalue weighted by Gasteiger charge is 2.38. The lowest BCUT2D eigenvalue weighted by Gasteiger charge is -2.21. The van der Waals surface area contributed by atoms with Crippen LogP contribution in [0.1, 0.15) is 36.1 Å². The van der Waals surface area contributed by atoms with Gasteiger partial charge in [0.1, 0.15) is 11.2 Å². The molecule has 30 heavy (non-hydrogen) atoms. The van der Waals surface area contributed by atoms with Gasteiger partial charge < -0.3 is 4.42 Å². The molecule has 1 aliphatic rings. The van der Waals surface area contributed by atoms with Crippen molar-refractivity contribution in [2.75, 3.05) is 0 Å². The van der Waals surface area contributed by atoms with Crippen LogP contribution in [0.5, 0.6) is 0 Å². The second-order valence-corrected chi connectivity index (χ2v) is 8.97.